The van der Waals surface area contributed by atoms with Crippen LogP contribution < -0.4 is 24.8 Å². The van der Waals surface area contributed by atoms with Crippen LogP contribution in [-0.4, -0.2) is 0 Å². The Hall–Kier alpha value is -0.00571. The summed E-state index contributed by atoms with van der Waals surface area (Å²) in [6, 6.07) is 8.23. The standard InChI is InChI=1S/C19H25.2ClH.Ti/c1-18(2,3)15-11-12-16(14-9-7-8-10-14)17(13-15)19(4,5)6;;;/h7-9,11-12H,10H2,1-6H3;2*1H;/q-1;;;+3/p-2. The van der Waals surface area contributed by atoms with Crippen molar-refractivity contribution in [2.75, 3.05) is 0 Å². The first-order chi connectivity index (χ1) is 8.69. The number of rotatable bonds is 1. The van der Waals surface area contributed by atoms with E-state index < -0.39 is 0 Å². The molecule has 1 aromatic carbocycles. The largest absolute Gasteiger partial charge is 3.00 e. The monoisotopic (exact) mass is 371 g/mol. The third-order valence-electron chi connectivity index (χ3n) is 3.62. The summed E-state index contributed by atoms with van der Waals surface area (Å²) < 4.78 is 0. The van der Waals surface area contributed by atoms with E-state index in [-0.39, 0.29) is 57.4 Å². The fourth-order valence-electron chi connectivity index (χ4n) is 2.44. The van der Waals surface area contributed by atoms with Crippen molar-refractivity contribution in [2.24, 2.45) is 0 Å². The fraction of sp³-hybridized carbons (Fsp3) is 0.474. The maximum atomic E-state index is 3.70. The Kier molecular flexibility index (Phi) is 9.63. The van der Waals surface area contributed by atoms with Gasteiger partial charge in [-0.1, -0.05) is 65.3 Å². The molecule has 0 saturated carbocycles. The van der Waals surface area contributed by atoms with Gasteiger partial charge in [-0.15, -0.1) is 11.1 Å². The van der Waals surface area contributed by atoms with Gasteiger partial charge < -0.3 is 24.8 Å². The van der Waals surface area contributed by atoms with Gasteiger partial charge in [0, 0.05) is 0 Å². The minimum Gasteiger partial charge on any atom is -1.00 e. The molecule has 0 atom stereocenters. The number of hydrogen-bond acceptors (Lipinski definition) is 0. The van der Waals surface area contributed by atoms with E-state index in [2.05, 4.69) is 78.0 Å². The van der Waals surface area contributed by atoms with Crippen LogP contribution in [0, 0.1) is 6.07 Å². The Morgan fingerprint density at radius 1 is 0.909 bits per heavy atom. The summed E-state index contributed by atoms with van der Waals surface area (Å²) in [5.74, 6) is 0. The van der Waals surface area contributed by atoms with Gasteiger partial charge in [-0.2, -0.15) is 23.8 Å². The molecule has 0 nitrogen and oxygen atoms in total. The van der Waals surface area contributed by atoms with Gasteiger partial charge in [0.2, 0.25) is 0 Å². The molecule has 0 aromatic heterocycles. The van der Waals surface area contributed by atoms with E-state index in [0.29, 0.717) is 0 Å². The molecule has 1 aliphatic rings. The summed E-state index contributed by atoms with van der Waals surface area (Å²) in [5, 5.41) is 0. The predicted octanol–water partition coefficient (Wildman–Crippen LogP) is -0.569. The molecule has 0 bridgehead atoms. The fourth-order valence-corrected chi connectivity index (χ4v) is 2.44. The van der Waals surface area contributed by atoms with E-state index in [1.807, 2.05) is 0 Å². The van der Waals surface area contributed by atoms with Crippen molar-refractivity contribution < 1.29 is 46.5 Å². The second-order valence-corrected chi connectivity index (χ2v) is 7.48. The summed E-state index contributed by atoms with van der Waals surface area (Å²) in [6.07, 6.45) is 7.65. The Morgan fingerprint density at radius 2 is 1.50 bits per heavy atom. The molecule has 0 amide bonds. The molecule has 1 radical (unpaired) electrons. The molecule has 1 aromatic rings. The first kappa shape index (κ1) is 24.2. The summed E-state index contributed by atoms with van der Waals surface area (Å²) in [7, 11) is 0. The minimum absolute atomic E-state index is 0. The zero-order valence-corrected chi connectivity index (χ0v) is 17.4. The van der Waals surface area contributed by atoms with Crippen LogP contribution in [0.4, 0.5) is 0 Å². The SMILES string of the molecule is CC(C)(C)c1[c-]c(C(C)(C)C)c(C2=CC=CC2)cc1.[Cl-].[Cl-].[Ti+3]. The number of halogens is 2. The molecule has 0 saturated heterocycles. The average Bonchev–Trinajstić information content (AvgIpc) is 2.79. The van der Waals surface area contributed by atoms with Crippen molar-refractivity contribution in [3.8, 4) is 0 Å². The molecule has 0 spiro atoms. The molecule has 0 heterocycles. The van der Waals surface area contributed by atoms with Gasteiger partial charge in [0.15, 0.2) is 0 Å². The molecule has 0 N–H and O–H groups in total. The third kappa shape index (κ3) is 5.57. The molecule has 0 unspecified atom stereocenters. The quantitative estimate of drug-likeness (QED) is 0.458. The van der Waals surface area contributed by atoms with Crippen molar-refractivity contribution in [3.63, 3.8) is 0 Å². The van der Waals surface area contributed by atoms with Gasteiger partial charge in [0.1, 0.15) is 0 Å². The normalized spacial score (nSPS) is 13.6. The van der Waals surface area contributed by atoms with Crippen LogP contribution in [0.2, 0.25) is 0 Å². The smallest absolute Gasteiger partial charge is 1.00 e. The molecule has 0 aliphatic heterocycles. The van der Waals surface area contributed by atoms with E-state index in [4.69, 9.17) is 0 Å². The van der Waals surface area contributed by atoms with Crippen molar-refractivity contribution in [3.05, 3.63) is 53.1 Å². The Bertz CT molecular complexity index is 544. The van der Waals surface area contributed by atoms with Crippen molar-refractivity contribution in [1.29, 1.82) is 0 Å². The van der Waals surface area contributed by atoms with E-state index in [1.54, 1.807) is 0 Å². The van der Waals surface area contributed by atoms with Crippen LogP contribution in [-0.2, 0) is 32.5 Å². The van der Waals surface area contributed by atoms with Crippen LogP contribution in [0.15, 0.2) is 30.4 Å². The van der Waals surface area contributed by atoms with Gasteiger partial charge in [0.05, 0.1) is 0 Å². The third-order valence-corrected chi connectivity index (χ3v) is 3.62. The molecule has 22 heavy (non-hydrogen) atoms. The van der Waals surface area contributed by atoms with Crippen LogP contribution in [0.25, 0.3) is 5.57 Å². The average molecular weight is 372 g/mol. The predicted molar refractivity (Wildman–Crippen MR) is 84.4 cm³/mol. The Balaban J connectivity index is 0. The molecule has 0 fully saturated rings. The maximum Gasteiger partial charge on any atom is 3.00 e. The Morgan fingerprint density at radius 3 is 1.91 bits per heavy atom. The Labute approximate surface area is 163 Å². The number of hydrogen-bond donors (Lipinski definition) is 0. The van der Waals surface area contributed by atoms with Gasteiger partial charge in [-0.3, -0.25) is 0 Å². The first-order valence-electron chi connectivity index (χ1n) is 7.13. The van der Waals surface area contributed by atoms with Crippen LogP contribution in [0.5, 0.6) is 0 Å². The van der Waals surface area contributed by atoms with Crippen molar-refractivity contribution in [1.82, 2.24) is 0 Å². The second-order valence-electron chi connectivity index (χ2n) is 7.48. The van der Waals surface area contributed by atoms with Gasteiger partial charge >= 0.3 is 21.7 Å². The number of allylic oxidation sites excluding steroid dienone is 4. The summed E-state index contributed by atoms with van der Waals surface area (Å²) in [5.41, 5.74) is 5.70. The second kappa shape index (κ2) is 8.74. The summed E-state index contributed by atoms with van der Waals surface area (Å²) >= 11 is 0. The topological polar surface area (TPSA) is 0 Å². The summed E-state index contributed by atoms with van der Waals surface area (Å²) in [6.45, 7) is 13.6. The van der Waals surface area contributed by atoms with Crippen molar-refractivity contribution >= 4 is 5.57 Å². The van der Waals surface area contributed by atoms with E-state index in [0.717, 1.165) is 6.42 Å². The first-order valence-corrected chi connectivity index (χ1v) is 7.13. The zero-order valence-electron chi connectivity index (χ0n) is 14.3. The molecule has 3 heteroatoms. The molecule has 119 valence electrons. The molecular formula is C19H25Cl2Ti. The van der Waals surface area contributed by atoms with Crippen LogP contribution in [0.1, 0.15) is 64.7 Å². The van der Waals surface area contributed by atoms with Gasteiger partial charge in [-0.25, -0.2) is 0 Å². The van der Waals surface area contributed by atoms with E-state index in [1.165, 1.54) is 22.3 Å². The molecule has 2 rings (SSSR count). The minimum atomic E-state index is 0. The van der Waals surface area contributed by atoms with Gasteiger partial charge in [-0.05, 0) is 17.3 Å². The van der Waals surface area contributed by atoms with E-state index >= 15 is 0 Å². The summed E-state index contributed by atoms with van der Waals surface area (Å²) in [4.78, 5) is 0. The molecule has 1 aliphatic carbocycles. The van der Waals surface area contributed by atoms with Crippen molar-refractivity contribution in [2.45, 2.75) is 58.8 Å². The molecular weight excluding hydrogens is 347 g/mol. The van der Waals surface area contributed by atoms with Crippen LogP contribution >= 0.6 is 0 Å². The number of benzene rings is 1. The maximum absolute atomic E-state index is 3.70. The van der Waals surface area contributed by atoms with Gasteiger partial charge in [0.25, 0.3) is 0 Å². The zero-order chi connectivity index (χ0) is 14.3. The van der Waals surface area contributed by atoms with Crippen LogP contribution in [0.3, 0.4) is 0 Å². The van der Waals surface area contributed by atoms with E-state index in [9.17, 15) is 0 Å².